The molecule has 0 spiro atoms. The molecule has 0 saturated heterocycles. The minimum atomic E-state index is 0.408. The van der Waals surface area contributed by atoms with E-state index in [0.717, 1.165) is 11.8 Å². The summed E-state index contributed by atoms with van der Waals surface area (Å²) in [6.07, 6.45) is 6.95. The molecule has 66 valence electrons. The van der Waals surface area contributed by atoms with Crippen molar-refractivity contribution in [2.45, 2.75) is 52.0 Å². The van der Waals surface area contributed by atoms with Crippen LogP contribution in [0.1, 0.15) is 46.0 Å². The van der Waals surface area contributed by atoms with Gasteiger partial charge in [-0.15, -0.1) is 0 Å². The van der Waals surface area contributed by atoms with E-state index in [1.807, 2.05) is 0 Å². The molecule has 0 heterocycles. The molecule has 1 saturated carbocycles. The second-order valence-electron chi connectivity index (χ2n) is 4.35. The van der Waals surface area contributed by atoms with Crippen LogP contribution in [0.2, 0.25) is 0 Å². The topological polar surface area (TPSA) is 26.0 Å². The summed E-state index contributed by atoms with van der Waals surface area (Å²) in [7, 11) is 0. The van der Waals surface area contributed by atoms with Crippen LogP contribution in [0, 0.1) is 11.8 Å². The minimum absolute atomic E-state index is 0.408. The smallest absolute Gasteiger partial charge is 0.00131 e. The highest BCUT2D eigenvalue weighted by atomic mass is 14.6. The van der Waals surface area contributed by atoms with Gasteiger partial charge in [-0.1, -0.05) is 26.2 Å². The summed E-state index contributed by atoms with van der Waals surface area (Å²) in [5.41, 5.74) is 5.77. The number of hydrogen-bond donors (Lipinski definition) is 1. The number of hydrogen-bond acceptors (Lipinski definition) is 1. The predicted octanol–water partition coefficient (Wildman–Crippen LogP) is 2.55. The first-order valence-electron chi connectivity index (χ1n) is 4.94. The first-order valence-corrected chi connectivity index (χ1v) is 4.94. The predicted molar refractivity (Wildman–Crippen MR) is 49.4 cm³/mol. The highest BCUT2D eigenvalue weighted by Gasteiger charge is 2.19. The largest absolute Gasteiger partial charge is 0.328 e. The lowest BCUT2D eigenvalue weighted by atomic mass is 9.80. The maximum absolute atomic E-state index is 5.77. The van der Waals surface area contributed by atoms with E-state index in [1.165, 1.54) is 32.1 Å². The summed E-state index contributed by atoms with van der Waals surface area (Å²) in [5, 5.41) is 0. The van der Waals surface area contributed by atoms with Crippen molar-refractivity contribution >= 4 is 0 Å². The van der Waals surface area contributed by atoms with Crippen LogP contribution in [0.3, 0.4) is 0 Å². The van der Waals surface area contributed by atoms with Crippen molar-refractivity contribution < 1.29 is 0 Å². The summed E-state index contributed by atoms with van der Waals surface area (Å²) in [4.78, 5) is 0. The van der Waals surface area contributed by atoms with Gasteiger partial charge in [0.05, 0.1) is 0 Å². The van der Waals surface area contributed by atoms with Crippen molar-refractivity contribution in [3.05, 3.63) is 0 Å². The van der Waals surface area contributed by atoms with Gasteiger partial charge in [-0.25, -0.2) is 0 Å². The van der Waals surface area contributed by atoms with E-state index in [-0.39, 0.29) is 0 Å². The Morgan fingerprint density at radius 1 is 1.45 bits per heavy atom. The van der Waals surface area contributed by atoms with Gasteiger partial charge in [0.1, 0.15) is 0 Å². The molecule has 0 bridgehead atoms. The molecule has 1 nitrogen and oxygen atoms in total. The van der Waals surface area contributed by atoms with Gasteiger partial charge in [0.25, 0.3) is 0 Å². The lowest BCUT2D eigenvalue weighted by molar-refractivity contribution is 0.260. The van der Waals surface area contributed by atoms with Crippen LogP contribution in [-0.2, 0) is 0 Å². The molecule has 1 fully saturated rings. The van der Waals surface area contributed by atoms with Crippen molar-refractivity contribution in [2.75, 3.05) is 0 Å². The molecule has 0 aromatic rings. The summed E-state index contributed by atoms with van der Waals surface area (Å²) < 4.78 is 0. The highest BCUT2D eigenvalue weighted by Crippen LogP contribution is 2.30. The van der Waals surface area contributed by atoms with Gasteiger partial charge in [0, 0.05) is 6.04 Å². The Labute approximate surface area is 70.4 Å². The average Bonchev–Trinajstić information content (AvgIpc) is 1.85. The molecule has 2 N–H and O–H groups in total. The van der Waals surface area contributed by atoms with Crippen LogP contribution in [0.15, 0.2) is 0 Å². The number of rotatable bonds is 2. The van der Waals surface area contributed by atoms with Crippen LogP contribution < -0.4 is 5.73 Å². The Hall–Kier alpha value is -0.0400. The Morgan fingerprint density at radius 3 is 2.73 bits per heavy atom. The van der Waals surface area contributed by atoms with Crippen LogP contribution >= 0.6 is 0 Å². The molecule has 11 heavy (non-hydrogen) atoms. The molecule has 1 aliphatic carbocycles. The second-order valence-corrected chi connectivity index (χ2v) is 4.35. The second kappa shape index (κ2) is 4.10. The van der Waals surface area contributed by atoms with Gasteiger partial charge in [-0.2, -0.15) is 0 Å². The molecule has 1 aliphatic rings. The Balaban J connectivity index is 2.23. The first kappa shape index (κ1) is 9.05. The summed E-state index contributed by atoms with van der Waals surface area (Å²) in [5.74, 6) is 1.88. The molecule has 3 atom stereocenters. The van der Waals surface area contributed by atoms with Crippen LogP contribution in [0.25, 0.3) is 0 Å². The molecule has 1 rings (SSSR count). The highest BCUT2D eigenvalue weighted by molar-refractivity contribution is 4.72. The third-order valence-electron chi connectivity index (χ3n) is 2.75. The molecule has 0 radical (unpaired) electrons. The molecule has 0 aromatic heterocycles. The van der Waals surface area contributed by atoms with E-state index in [1.54, 1.807) is 0 Å². The minimum Gasteiger partial charge on any atom is -0.328 e. The SMILES string of the molecule is CC(N)CC1CCCC(C)C1. The van der Waals surface area contributed by atoms with E-state index < -0.39 is 0 Å². The molecular formula is C10H21N. The third kappa shape index (κ3) is 3.24. The molecule has 1 heteroatoms. The fraction of sp³-hybridized carbons (Fsp3) is 1.00. The van der Waals surface area contributed by atoms with Crippen molar-refractivity contribution in [1.29, 1.82) is 0 Å². The van der Waals surface area contributed by atoms with Gasteiger partial charge in [-0.05, 0) is 31.6 Å². The Morgan fingerprint density at radius 2 is 2.18 bits per heavy atom. The van der Waals surface area contributed by atoms with Crippen molar-refractivity contribution in [3.63, 3.8) is 0 Å². The quantitative estimate of drug-likeness (QED) is 0.651. The van der Waals surface area contributed by atoms with Crippen LogP contribution in [0.5, 0.6) is 0 Å². The molecule has 0 amide bonds. The monoisotopic (exact) mass is 155 g/mol. The summed E-state index contributed by atoms with van der Waals surface area (Å²) in [6.45, 7) is 4.49. The molecule has 0 aromatic carbocycles. The van der Waals surface area contributed by atoms with Gasteiger partial charge in [-0.3, -0.25) is 0 Å². The van der Waals surface area contributed by atoms with E-state index in [4.69, 9.17) is 5.73 Å². The fourth-order valence-electron chi connectivity index (χ4n) is 2.30. The zero-order valence-electron chi connectivity index (χ0n) is 7.84. The Bertz CT molecular complexity index is 107. The lowest BCUT2D eigenvalue weighted by Gasteiger charge is -2.27. The summed E-state index contributed by atoms with van der Waals surface area (Å²) in [6, 6.07) is 0.408. The maximum atomic E-state index is 5.77. The average molecular weight is 155 g/mol. The van der Waals surface area contributed by atoms with Crippen LogP contribution in [0.4, 0.5) is 0 Å². The lowest BCUT2D eigenvalue weighted by Crippen LogP contribution is -2.23. The summed E-state index contributed by atoms with van der Waals surface area (Å²) >= 11 is 0. The van der Waals surface area contributed by atoms with E-state index in [0.29, 0.717) is 6.04 Å². The van der Waals surface area contributed by atoms with Crippen molar-refractivity contribution in [1.82, 2.24) is 0 Å². The molecule has 3 unspecified atom stereocenters. The maximum Gasteiger partial charge on any atom is 0.00131 e. The van der Waals surface area contributed by atoms with Crippen molar-refractivity contribution in [3.8, 4) is 0 Å². The van der Waals surface area contributed by atoms with Gasteiger partial charge in [0.2, 0.25) is 0 Å². The van der Waals surface area contributed by atoms with Crippen molar-refractivity contribution in [2.24, 2.45) is 17.6 Å². The Kier molecular flexibility index (Phi) is 3.38. The molecular weight excluding hydrogens is 134 g/mol. The normalized spacial score (nSPS) is 35.2. The third-order valence-corrected chi connectivity index (χ3v) is 2.75. The van der Waals surface area contributed by atoms with E-state index >= 15 is 0 Å². The van der Waals surface area contributed by atoms with Gasteiger partial charge in [0.15, 0.2) is 0 Å². The zero-order chi connectivity index (χ0) is 8.27. The van der Waals surface area contributed by atoms with E-state index in [2.05, 4.69) is 13.8 Å². The standard InChI is InChI=1S/C10H21N/c1-8-4-3-5-10(6-8)7-9(2)11/h8-10H,3-7,11H2,1-2H3. The van der Waals surface area contributed by atoms with Crippen LogP contribution in [-0.4, -0.2) is 6.04 Å². The molecule has 0 aliphatic heterocycles. The van der Waals surface area contributed by atoms with Gasteiger partial charge < -0.3 is 5.73 Å². The van der Waals surface area contributed by atoms with E-state index in [9.17, 15) is 0 Å². The number of nitrogens with two attached hydrogens (primary N) is 1. The fourth-order valence-corrected chi connectivity index (χ4v) is 2.30. The first-order chi connectivity index (χ1) is 5.18. The zero-order valence-corrected chi connectivity index (χ0v) is 7.84. The van der Waals surface area contributed by atoms with Gasteiger partial charge >= 0.3 is 0 Å².